The zero-order valence-electron chi connectivity index (χ0n) is 11.8. The Morgan fingerprint density at radius 1 is 0.850 bits per heavy atom. The van der Waals surface area contributed by atoms with Crippen molar-refractivity contribution in [2.45, 2.75) is 0 Å². The van der Waals surface area contributed by atoms with Crippen molar-refractivity contribution in [3.63, 3.8) is 0 Å². The van der Waals surface area contributed by atoms with E-state index in [0.29, 0.717) is 5.75 Å². The highest BCUT2D eigenvalue weighted by molar-refractivity contribution is 7.81. The molecule has 0 saturated carbocycles. The van der Waals surface area contributed by atoms with Crippen LogP contribution in [0.1, 0.15) is 0 Å². The largest absolute Gasteiger partial charge is 0.484 e. The minimum absolute atomic E-state index is 0.296. The first kappa shape index (κ1) is 14.6. The summed E-state index contributed by atoms with van der Waals surface area (Å²) in [6.07, 6.45) is 0. The molecule has 4 nitrogen and oxygen atoms in total. The maximum Gasteiger partial charge on any atom is 0.484 e. The number of quaternary nitrogens is 1. The number of hydrogen-bond donors (Lipinski definition) is 0. The van der Waals surface area contributed by atoms with Gasteiger partial charge in [-0.15, -0.1) is 8.42 Å². The Morgan fingerprint density at radius 3 is 2.00 bits per heavy atom. The van der Waals surface area contributed by atoms with E-state index in [0.717, 1.165) is 11.1 Å². The molecule has 106 valence electrons. The van der Waals surface area contributed by atoms with Gasteiger partial charge < -0.3 is 4.18 Å². The molecule has 0 heterocycles. The molecule has 0 spiro atoms. The molecule has 0 amide bonds. The van der Waals surface area contributed by atoms with E-state index in [2.05, 4.69) is 0 Å². The monoisotopic (exact) mass is 292 g/mol. The van der Waals surface area contributed by atoms with Crippen LogP contribution in [0.2, 0.25) is 0 Å². The second kappa shape index (κ2) is 5.26. The second-order valence-corrected chi connectivity index (χ2v) is 7.38. The average molecular weight is 292 g/mol. The quantitative estimate of drug-likeness (QED) is 0.814. The Kier molecular flexibility index (Phi) is 3.83. The Bertz CT molecular complexity index is 689. The van der Waals surface area contributed by atoms with Crippen LogP contribution in [0, 0.1) is 0 Å². The van der Waals surface area contributed by atoms with Crippen molar-refractivity contribution in [3.8, 4) is 16.9 Å². The van der Waals surface area contributed by atoms with Crippen molar-refractivity contribution in [2.24, 2.45) is 0 Å². The maximum atomic E-state index is 12.2. The fourth-order valence-corrected chi connectivity index (χ4v) is 2.22. The van der Waals surface area contributed by atoms with Crippen molar-refractivity contribution in [1.29, 1.82) is 0 Å². The first-order valence-electron chi connectivity index (χ1n) is 6.22. The first-order chi connectivity index (χ1) is 9.31. The van der Waals surface area contributed by atoms with Crippen molar-refractivity contribution in [1.82, 2.24) is 0 Å². The second-order valence-electron chi connectivity index (χ2n) is 5.26. The number of nitrogens with zero attached hydrogens (tertiary/aromatic N) is 1. The van der Waals surface area contributed by atoms with Crippen LogP contribution in [-0.2, 0) is 10.3 Å². The molecule has 0 N–H and O–H groups in total. The van der Waals surface area contributed by atoms with Crippen LogP contribution >= 0.6 is 0 Å². The van der Waals surface area contributed by atoms with Crippen LogP contribution in [0.5, 0.6) is 5.75 Å². The van der Waals surface area contributed by atoms with Gasteiger partial charge in [0.05, 0.1) is 21.1 Å². The molecule has 0 aliphatic rings. The van der Waals surface area contributed by atoms with Gasteiger partial charge in [-0.2, -0.15) is 3.89 Å². The zero-order chi connectivity index (χ0) is 14.8. The van der Waals surface area contributed by atoms with Crippen LogP contribution in [0.4, 0.5) is 0 Å². The van der Waals surface area contributed by atoms with Gasteiger partial charge in [-0.25, -0.2) is 0 Å². The molecule has 0 bridgehead atoms. The minimum atomic E-state index is -3.74. The summed E-state index contributed by atoms with van der Waals surface area (Å²) in [5.74, 6) is 0.340. The standard InChI is InChI=1S/C15H18NO3S/c1-16(2,3)20(17,18)19-15-12-8-7-11-14(15)13-9-5-4-6-10-13/h4-12H,1-3H3/q+1. The molecule has 2 aromatic rings. The molecule has 0 unspecified atom stereocenters. The molecule has 20 heavy (non-hydrogen) atoms. The van der Waals surface area contributed by atoms with E-state index in [1.54, 1.807) is 33.3 Å². The number of para-hydroxylation sites is 1. The maximum absolute atomic E-state index is 12.2. The number of benzene rings is 2. The van der Waals surface area contributed by atoms with Crippen molar-refractivity contribution in [3.05, 3.63) is 54.6 Å². The molecule has 0 aliphatic carbocycles. The zero-order valence-corrected chi connectivity index (χ0v) is 12.6. The molecule has 0 aromatic heterocycles. The van der Waals surface area contributed by atoms with Gasteiger partial charge in [0.2, 0.25) is 0 Å². The highest BCUT2D eigenvalue weighted by Crippen LogP contribution is 2.31. The van der Waals surface area contributed by atoms with Crippen LogP contribution in [-0.4, -0.2) is 33.4 Å². The Morgan fingerprint density at radius 2 is 1.40 bits per heavy atom. The number of rotatable bonds is 4. The third kappa shape index (κ3) is 3.00. The van der Waals surface area contributed by atoms with E-state index < -0.39 is 10.3 Å². The van der Waals surface area contributed by atoms with E-state index in [9.17, 15) is 8.42 Å². The van der Waals surface area contributed by atoms with Gasteiger partial charge in [-0.05, 0) is 11.6 Å². The number of hydrogen-bond acceptors (Lipinski definition) is 3. The van der Waals surface area contributed by atoms with Gasteiger partial charge >= 0.3 is 10.3 Å². The van der Waals surface area contributed by atoms with Gasteiger partial charge in [-0.1, -0.05) is 48.5 Å². The topological polar surface area (TPSA) is 43.4 Å². The van der Waals surface area contributed by atoms with E-state index in [-0.39, 0.29) is 3.89 Å². The summed E-state index contributed by atoms with van der Waals surface area (Å²) in [4.78, 5) is 0. The molecule has 0 atom stereocenters. The Hall–Kier alpha value is -1.85. The third-order valence-corrected chi connectivity index (χ3v) is 4.57. The third-order valence-electron chi connectivity index (χ3n) is 2.84. The van der Waals surface area contributed by atoms with Crippen molar-refractivity contribution in [2.75, 3.05) is 21.1 Å². The average Bonchev–Trinajstić information content (AvgIpc) is 2.38. The molecule has 0 aliphatic heterocycles. The normalized spacial score (nSPS) is 12.2. The van der Waals surface area contributed by atoms with Gasteiger partial charge in [0.25, 0.3) is 0 Å². The lowest BCUT2D eigenvalue weighted by molar-refractivity contribution is -0.743. The molecule has 2 rings (SSSR count). The van der Waals surface area contributed by atoms with Crippen molar-refractivity contribution >= 4 is 10.3 Å². The van der Waals surface area contributed by atoms with E-state index in [1.807, 2.05) is 42.5 Å². The van der Waals surface area contributed by atoms with Crippen LogP contribution in [0.3, 0.4) is 0 Å². The molecular weight excluding hydrogens is 274 g/mol. The predicted molar refractivity (Wildman–Crippen MR) is 79.5 cm³/mol. The summed E-state index contributed by atoms with van der Waals surface area (Å²) in [5.41, 5.74) is 1.67. The highest BCUT2D eigenvalue weighted by atomic mass is 32.2. The SMILES string of the molecule is C[N+](C)(C)S(=O)(=O)Oc1ccccc1-c1ccccc1. The Balaban J connectivity index is 2.45. The van der Waals surface area contributed by atoms with Crippen molar-refractivity contribution < 1.29 is 16.5 Å². The van der Waals surface area contributed by atoms with E-state index >= 15 is 0 Å². The van der Waals surface area contributed by atoms with Gasteiger partial charge in [-0.3, -0.25) is 0 Å². The van der Waals surface area contributed by atoms with Gasteiger partial charge in [0.15, 0.2) is 5.75 Å². The Labute approximate surface area is 120 Å². The molecule has 0 saturated heterocycles. The summed E-state index contributed by atoms with van der Waals surface area (Å²) in [6, 6.07) is 16.7. The summed E-state index contributed by atoms with van der Waals surface area (Å²) in [5, 5.41) is 0. The lowest BCUT2D eigenvalue weighted by atomic mass is 10.1. The first-order valence-corrected chi connectivity index (χ1v) is 7.58. The lowest BCUT2D eigenvalue weighted by Gasteiger charge is -2.22. The fourth-order valence-electron chi connectivity index (χ4n) is 1.62. The lowest BCUT2D eigenvalue weighted by Crippen LogP contribution is -2.43. The molecule has 2 aromatic carbocycles. The van der Waals surface area contributed by atoms with Gasteiger partial charge in [0, 0.05) is 5.56 Å². The predicted octanol–water partition coefficient (Wildman–Crippen LogP) is 2.68. The van der Waals surface area contributed by atoms with E-state index in [1.165, 1.54) is 0 Å². The van der Waals surface area contributed by atoms with Crippen LogP contribution in [0.15, 0.2) is 54.6 Å². The highest BCUT2D eigenvalue weighted by Gasteiger charge is 2.31. The van der Waals surface area contributed by atoms with Gasteiger partial charge in [0.1, 0.15) is 0 Å². The fraction of sp³-hybridized carbons (Fsp3) is 0.200. The minimum Gasteiger partial charge on any atom is -0.341 e. The molecule has 0 fully saturated rings. The molecule has 5 heteroatoms. The molecular formula is C15H18NO3S+. The van der Waals surface area contributed by atoms with E-state index in [4.69, 9.17) is 4.18 Å². The summed E-state index contributed by atoms with van der Waals surface area (Å²) < 4.78 is 29.3. The summed E-state index contributed by atoms with van der Waals surface area (Å²) >= 11 is 0. The summed E-state index contributed by atoms with van der Waals surface area (Å²) in [7, 11) is 0.924. The molecule has 0 radical (unpaired) electrons. The van der Waals surface area contributed by atoms with Crippen LogP contribution in [0.25, 0.3) is 11.1 Å². The smallest absolute Gasteiger partial charge is 0.341 e. The van der Waals surface area contributed by atoms with Crippen LogP contribution < -0.4 is 4.18 Å². The summed E-state index contributed by atoms with van der Waals surface area (Å²) in [6.45, 7) is 0.